The zero-order valence-corrected chi connectivity index (χ0v) is 8.46. The summed E-state index contributed by atoms with van der Waals surface area (Å²) in [5.41, 5.74) is 1.01. The molecule has 0 spiro atoms. The number of carbonyl (C=O) groups excluding carboxylic acids is 1. The molecule has 0 radical (unpaired) electrons. The van der Waals surface area contributed by atoms with Crippen molar-refractivity contribution >= 4 is 17.5 Å². The third-order valence-corrected chi connectivity index (χ3v) is 1.62. The Morgan fingerprint density at radius 2 is 2.08 bits per heavy atom. The van der Waals surface area contributed by atoms with Gasteiger partial charge in [0.25, 0.3) is 5.91 Å². The minimum absolute atomic E-state index is 0.102. The molecule has 0 N–H and O–H groups in total. The molecular weight excluding hydrogens is 190 g/mol. The van der Waals surface area contributed by atoms with E-state index in [-0.39, 0.29) is 11.2 Å². The van der Waals surface area contributed by atoms with Gasteiger partial charge in [-0.15, -0.1) is 0 Å². The van der Waals surface area contributed by atoms with Crippen molar-refractivity contribution < 1.29 is 4.79 Å². The highest BCUT2D eigenvalue weighted by Gasteiger charge is 2.10. The Hall–Kier alpha value is -1.16. The van der Waals surface area contributed by atoms with Crippen molar-refractivity contribution in [1.29, 1.82) is 0 Å². The minimum Gasteiger partial charge on any atom is -0.343 e. The van der Waals surface area contributed by atoms with Gasteiger partial charge in [-0.05, 0) is 24.6 Å². The number of rotatable bonds is 1. The second-order valence-electron chi connectivity index (χ2n) is 2.86. The first kappa shape index (κ1) is 9.92. The standard InChI is InChI=1S/C8H10ClN3O/c1-5-4-6(7(13)12(2)3)11-8(9)10-5/h4H,1-3H3. The highest BCUT2D eigenvalue weighted by atomic mass is 35.5. The lowest BCUT2D eigenvalue weighted by Gasteiger charge is -2.09. The smallest absolute Gasteiger partial charge is 0.272 e. The fourth-order valence-corrected chi connectivity index (χ4v) is 1.10. The van der Waals surface area contributed by atoms with E-state index in [1.54, 1.807) is 27.1 Å². The molecule has 1 rings (SSSR count). The van der Waals surface area contributed by atoms with E-state index in [2.05, 4.69) is 9.97 Å². The van der Waals surface area contributed by atoms with Crippen molar-refractivity contribution in [2.24, 2.45) is 0 Å². The van der Waals surface area contributed by atoms with Crippen LogP contribution in [0.4, 0.5) is 0 Å². The second-order valence-corrected chi connectivity index (χ2v) is 3.20. The highest BCUT2D eigenvalue weighted by molar-refractivity contribution is 6.28. The molecule has 13 heavy (non-hydrogen) atoms. The molecule has 0 aromatic carbocycles. The minimum atomic E-state index is -0.174. The predicted octanol–water partition coefficient (Wildman–Crippen LogP) is 1.14. The van der Waals surface area contributed by atoms with Gasteiger partial charge in [0, 0.05) is 19.8 Å². The van der Waals surface area contributed by atoms with Crippen LogP contribution in [0.1, 0.15) is 16.2 Å². The van der Waals surface area contributed by atoms with E-state index in [0.717, 1.165) is 0 Å². The number of carbonyl (C=O) groups is 1. The van der Waals surface area contributed by atoms with E-state index < -0.39 is 0 Å². The highest BCUT2D eigenvalue weighted by Crippen LogP contribution is 2.06. The molecule has 0 saturated heterocycles. The van der Waals surface area contributed by atoms with Gasteiger partial charge < -0.3 is 4.90 Å². The molecule has 0 aliphatic heterocycles. The molecule has 0 atom stereocenters. The Morgan fingerprint density at radius 1 is 1.46 bits per heavy atom. The van der Waals surface area contributed by atoms with Crippen molar-refractivity contribution in [2.75, 3.05) is 14.1 Å². The lowest BCUT2D eigenvalue weighted by atomic mass is 10.3. The molecule has 0 saturated carbocycles. The van der Waals surface area contributed by atoms with E-state index in [4.69, 9.17) is 11.6 Å². The maximum absolute atomic E-state index is 11.4. The Balaban J connectivity index is 3.08. The average molecular weight is 200 g/mol. The van der Waals surface area contributed by atoms with Crippen LogP contribution >= 0.6 is 11.6 Å². The maximum atomic E-state index is 11.4. The van der Waals surface area contributed by atoms with Crippen molar-refractivity contribution in [3.8, 4) is 0 Å². The molecule has 4 nitrogen and oxygen atoms in total. The summed E-state index contributed by atoms with van der Waals surface area (Å²) in [4.78, 5) is 20.5. The van der Waals surface area contributed by atoms with Crippen LogP contribution in [-0.4, -0.2) is 34.9 Å². The zero-order valence-electron chi connectivity index (χ0n) is 7.71. The van der Waals surface area contributed by atoms with Gasteiger partial charge in [-0.1, -0.05) is 0 Å². The van der Waals surface area contributed by atoms with Crippen LogP contribution in [-0.2, 0) is 0 Å². The summed E-state index contributed by atoms with van der Waals surface area (Å²) in [6, 6.07) is 1.61. The first-order valence-corrected chi connectivity index (χ1v) is 4.11. The van der Waals surface area contributed by atoms with Gasteiger partial charge in [-0.25, -0.2) is 9.97 Å². The van der Waals surface area contributed by atoms with E-state index in [0.29, 0.717) is 11.4 Å². The number of halogens is 1. The third-order valence-electron chi connectivity index (χ3n) is 1.45. The Morgan fingerprint density at radius 3 is 2.54 bits per heavy atom. The summed E-state index contributed by atoms with van der Waals surface area (Å²) in [6.45, 7) is 1.76. The molecule has 0 bridgehead atoms. The summed E-state index contributed by atoms with van der Waals surface area (Å²) in [7, 11) is 3.32. The number of amides is 1. The average Bonchev–Trinajstić information content (AvgIpc) is 2.01. The Bertz CT molecular complexity index is 318. The van der Waals surface area contributed by atoms with Gasteiger partial charge in [0.05, 0.1) is 0 Å². The molecule has 0 aliphatic rings. The Kier molecular flexibility index (Phi) is 2.83. The predicted molar refractivity (Wildman–Crippen MR) is 49.8 cm³/mol. The topological polar surface area (TPSA) is 46.1 Å². The van der Waals surface area contributed by atoms with Gasteiger partial charge in [-0.2, -0.15) is 0 Å². The third kappa shape index (κ3) is 2.39. The van der Waals surface area contributed by atoms with Gasteiger partial charge in [0.15, 0.2) is 0 Å². The molecule has 0 unspecified atom stereocenters. The van der Waals surface area contributed by atoms with E-state index in [9.17, 15) is 4.79 Å². The summed E-state index contributed by atoms with van der Waals surface area (Å²) >= 11 is 5.61. The fourth-order valence-electron chi connectivity index (χ4n) is 0.871. The van der Waals surface area contributed by atoms with Gasteiger partial charge in [0.2, 0.25) is 5.28 Å². The molecular formula is C8H10ClN3O. The first-order valence-electron chi connectivity index (χ1n) is 3.73. The maximum Gasteiger partial charge on any atom is 0.272 e. The van der Waals surface area contributed by atoms with Gasteiger partial charge in [-0.3, -0.25) is 4.79 Å². The van der Waals surface area contributed by atoms with Crippen LogP contribution in [0.3, 0.4) is 0 Å². The number of aryl methyl sites for hydroxylation is 1. The SMILES string of the molecule is Cc1cc(C(=O)N(C)C)nc(Cl)n1. The summed E-state index contributed by atoms with van der Waals surface area (Å²) < 4.78 is 0. The summed E-state index contributed by atoms with van der Waals surface area (Å²) in [5, 5.41) is 0.102. The van der Waals surface area contributed by atoms with Crippen LogP contribution in [0.2, 0.25) is 5.28 Å². The molecule has 0 aliphatic carbocycles. The number of aromatic nitrogens is 2. The monoisotopic (exact) mass is 199 g/mol. The first-order chi connectivity index (χ1) is 6.00. The zero-order chi connectivity index (χ0) is 10.0. The lowest BCUT2D eigenvalue weighted by molar-refractivity contribution is 0.0821. The van der Waals surface area contributed by atoms with Crippen molar-refractivity contribution in [3.63, 3.8) is 0 Å². The van der Waals surface area contributed by atoms with E-state index >= 15 is 0 Å². The lowest BCUT2D eigenvalue weighted by Crippen LogP contribution is -2.23. The molecule has 1 aromatic rings. The second kappa shape index (κ2) is 3.70. The van der Waals surface area contributed by atoms with Crippen LogP contribution < -0.4 is 0 Å². The van der Waals surface area contributed by atoms with Crippen LogP contribution in [0.25, 0.3) is 0 Å². The molecule has 1 heterocycles. The number of hydrogen-bond acceptors (Lipinski definition) is 3. The van der Waals surface area contributed by atoms with Gasteiger partial charge in [0.1, 0.15) is 5.69 Å². The van der Waals surface area contributed by atoms with Crippen LogP contribution in [0, 0.1) is 6.92 Å². The Labute approximate surface area is 81.6 Å². The van der Waals surface area contributed by atoms with Crippen molar-refractivity contribution in [1.82, 2.24) is 14.9 Å². The molecule has 0 fully saturated rings. The summed E-state index contributed by atoms with van der Waals surface area (Å²) in [5.74, 6) is -0.174. The van der Waals surface area contributed by atoms with E-state index in [1.807, 2.05) is 0 Å². The van der Waals surface area contributed by atoms with E-state index in [1.165, 1.54) is 4.90 Å². The normalized spacial score (nSPS) is 9.85. The number of nitrogens with zero attached hydrogens (tertiary/aromatic N) is 3. The quantitative estimate of drug-likeness (QED) is 0.638. The summed E-state index contributed by atoms with van der Waals surface area (Å²) in [6.07, 6.45) is 0. The number of hydrogen-bond donors (Lipinski definition) is 0. The fraction of sp³-hybridized carbons (Fsp3) is 0.375. The molecule has 1 aromatic heterocycles. The largest absolute Gasteiger partial charge is 0.343 e. The molecule has 5 heteroatoms. The van der Waals surface area contributed by atoms with Crippen LogP contribution in [0.5, 0.6) is 0 Å². The molecule has 1 amide bonds. The van der Waals surface area contributed by atoms with Crippen molar-refractivity contribution in [2.45, 2.75) is 6.92 Å². The molecule has 70 valence electrons. The van der Waals surface area contributed by atoms with Gasteiger partial charge >= 0.3 is 0 Å². The van der Waals surface area contributed by atoms with Crippen LogP contribution in [0.15, 0.2) is 6.07 Å². The van der Waals surface area contributed by atoms with Crippen molar-refractivity contribution in [3.05, 3.63) is 22.7 Å².